The van der Waals surface area contributed by atoms with Gasteiger partial charge in [-0.3, -0.25) is 18.3 Å². The molecule has 212 valence electrons. The van der Waals surface area contributed by atoms with E-state index in [1.54, 1.807) is 18.3 Å². The van der Waals surface area contributed by atoms with Crippen LogP contribution in [-0.4, -0.2) is 44.7 Å². The molecule has 2 rings (SSSR count). The lowest BCUT2D eigenvalue weighted by molar-refractivity contribution is 0.0778. The Hall–Kier alpha value is -1.36. The first-order valence-corrected chi connectivity index (χ1v) is 14.5. The fraction of sp³-hybridized carbons (Fsp3) is 0.778. The van der Waals surface area contributed by atoms with Gasteiger partial charge in [0.15, 0.2) is 0 Å². The molecule has 0 atom stereocenters. The van der Waals surface area contributed by atoms with E-state index in [0.717, 1.165) is 58.2 Å². The Balaban J connectivity index is 1.52. The molecule has 0 amide bonds. The van der Waals surface area contributed by atoms with Crippen LogP contribution < -0.4 is 11.4 Å². The predicted molar refractivity (Wildman–Crippen MR) is 156 cm³/mol. The Bertz CT molecular complexity index is 997. The summed E-state index contributed by atoms with van der Waals surface area (Å²) in [7, 11) is 0. The number of hydrogen-bond donors (Lipinski definition) is 2. The van der Waals surface area contributed by atoms with E-state index >= 15 is 0 Å². The van der Waals surface area contributed by atoms with Crippen molar-refractivity contribution in [2.45, 2.75) is 121 Å². The van der Waals surface area contributed by atoms with Gasteiger partial charge in [0, 0.05) is 63.0 Å². The third kappa shape index (κ3) is 8.83. The minimum atomic E-state index is -0.275. The fourth-order valence-corrected chi connectivity index (χ4v) is 5.75. The van der Waals surface area contributed by atoms with Gasteiger partial charge in [0.2, 0.25) is 0 Å². The topological polar surface area (TPSA) is 72.3 Å². The van der Waals surface area contributed by atoms with Crippen LogP contribution in [0, 0.1) is 0 Å². The number of aryl methyl sites for hydroxylation is 2. The summed E-state index contributed by atoms with van der Waals surface area (Å²) in [6.07, 6.45) is 10.2. The predicted octanol–water partition coefficient (Wildman–Crippen LogP) is 5.16. The second kappa shape index (κ2) is 14.7. The second-order valence-electron chi connectivity index (χ2n) is 10.9. The summed E-state index contributed by atoms with van der Waals surface area (Å²) in [6.45, 7) is 16.4. The fourth-order valence-electron chi connectivity index (χ4n) is 4.76. The van der Waals surface area contributed by atoms with Gasteiger partial charge in [-0.05, 0) is 86.5 Å². The zero-order valence-corrected chi connectivity index (χ0v) is 25.5. The molecule has 37 heavy (non-hydrogen) atoms. The number of rotatable bonds is 18. The Labute approximate surface area is 233 Å². The lowest BCUT2D eigenvalue weighted by atomic mass is 9.97. The van der Waals surface area contributed by atoms with Crippen molar-refractivity contribution in [3.05, 3.63) is 33.4 Å². The molecule has 0 saturated carbocycles. The number of aromatic nitrogens is 4. The molecule has 0 unspecified atom stereocenters. The van der Waals surface area contributed by atoms with E-state index in [4.69, 9.17) is 9.47 Å². The van der Waals surface area contributed by atoms with Gasteiger partial charge in [-0.25, -0.2) is 9.59 Å². The van der Waals surface area contributed by atoms with Crippen molar-refractivity contribution in [3.63, 3.8) is 0 Å². The van der Waals surface area contributed by atoms with Crippen molar-refractivity contribution in [2.24, 2.45) is 0 Å². The van der Waals surface area contributed by atoms with E-state index in [9.17, 15) is 9.59 Å². The molecular formula is C27H48N4O4S2. The summed E-state index contributed by atoms with van der Waals surface area (Å²) in [4.78, 5) is 25.1. The highest BCUT2D eigenvalue weighted by Crippen LogP contribution is 2.25. The van der Waals surface area contributed by atoms with Crippen LogP contribution in [0.15, 0.2) is 32.0 Å². The summed E-state index contributed by atoms with van der Waals surface area (Å²) in [5, 5.41) is 1.43. The average molecular weight is 557 g/mol. The molecule has 8 nitrogen and oxygen atoms in total. The van der Waals surface area contributed by atoms with Gasteiger partial charge in [-0.2, -0.15) is 0 Å². The molecule has 10 heteroatoms. The summed E-state index contributed by atoms with van der Waals surface area (Å²) in [5.74, 6) is 0. The van der Waals surface area contributed by atoms with Gasteiger partial charge >= 0.3 is 11.4 Å². The van der Waals surface area contributed by atoms with Crippen LogP contribution in [0.1, 0.15) is 86.5 Å². The third-order valence-corrected chi connectivity index (χ3v) is 7.63. The van der Waals surface area contributed by atoms with Crippen LogP contribution in [0.3, 0.4) is 0 Å². The molecule has 0 fully saturated rings. The third-order valence-electron chi connectivity index (χ3n) is 7.00. The second-order valence-corrected chi connectivity index (χ2v) is 11.8. The molecule has 0 bridgehead atoms. The largest absolute Gasteiger partial charge is 0.381 e. The normalized spacial score (nSPS) is 12.5. The summed E-state index contributed by atoms with van der Waals surface area (Å²) in [5.41, 5.74) is -0.537. The number of imidazole rings is 2. The van der Waals surface area contributed by atoms with Gasteiger partial charge in [-0.1, -0.05) is 0 Å². The minimum Gasteiger partial charge on any atom is -0.381 e. The van der Waals surface area contributed by atoms with Crippen molar-refractivity contribution >= 4 is 25.3 Å². The van der Waals surface area contributed by atoms with Crippen LogP contribution in [0.5, 0.6) is 0 Å². The number of unbranched alkanes of at least 4 members (excludes halogenated alkanes) is 2. The summed E-state index contributed by atoms with van der Waals surface area (Å²) < 4.78 is 18.5. The molecule has 0 aliphatic carbocycles. The summed E-state index contributed by atoms with van der Waals surface area (Å²) >= 11 is 9.00. The van der Waals surface area contributed by atoms with Crippen molar-refractivity contribution in [1.29, 1.82) is 0 Å². The average Bonchev–Trinajstić information content (AvgIpc) is 3.30. The number of ether oxygens (including phenoxy) is 2. The Morgan fingerprint density at radius 2 is 1.00 bits per heavy atom. The van der Waals surface area contributed by atoms with Gasteiger partial charge in [0.1, 0.15) is 0 Å². The van der Waals surface area contributed by atoms with Gasteiger partial charge in [0.05, 0.1) is 10.1 Å². The van der Waals surface area contributed by atoms with Crippen LogP contribution >= 0.6 is 25.3 Å². The molecule has 0 radical (unpaired) electrons. The number of thiol groups is 2. The van der Waals surface area contributed by atoms with Crippen molar-refractivity contribution in [1.82, 2.24) is 18.3 Å². The molecule has 2 heterocycles. The molecule has 0 aliphatic heterocycles. The zero-order valence-electron chi connectivity index (χ0n) is 23.7. The lowest BCUT2D eigenvalue weighted by Crippen LogP contribution is -2.37. The minimum absolute atomic E-state index is 0.00594. The highest BCUT2D eigenvalue weighted by molar-refractivity contribution is 7.80. The highest BCUT2D eigenvalue weighted by Gasteiger charge is 2.26. The highest BCUT2D eigenvalue weighted by atomic mass is 32.1. The molecule has 0 N–H and O–H groups in total. The first-order chi connectivity index (χ1) is 17.5. The van der Waals surface area contributed by atoms with Crippen LogP contribution in [-0.2, 0) is 33.6 Å². The molecule has 0 aromatic carbocycles. The molecule has 2 aromatic rings. The van der Waals surface area contributed by atoms with Crippen molar-refractivity contribution < 1.29 is 9.47 Å². The summed E-state index contributed by atoms with van der Waals surface area (Å²) in [6, 6.07) is 0. The van der Waals surface area contributed by atoms with Crippen LogP contribution in [0.25, 0.3) is 0 Å². The first kappa shape index (κ1) is 31.9. The van der Waals surface area contributed by atoms with Crippen molar-refractivity contribution in [3.8, 4) is 0 Å². The molecule has 0 aliphatic rings. The molecular weight excluding hydrogens is 508 g/mol. The quantitative estimate of drug-likeness (QED) is 0.196. The van der Waals surface area contributed by atoms with Crippen molar-refractivity contribution in [2.75, 3.05) is 26.4 Å². The maximum Gasteiger partial charge on any atom is 0.329 e. The van der Waals surface area contributed by atoms with E-state index in [0.29, 0.717) is 36.4 Å². The van der Waals surface area contributed by atoms with Gasteiger partial charge in [0.25, 0.3) is 0 Å². The van der Waals surface area contributed by atoms with Gasteiger partial charge in [-0.15, -0.1) is 25.3 Å². The Kier molecular flexibility index (Phi) is 12.7. The standard InChI is InChI=1S/C27H48N4O4S2/c1-7-28-20-22(36)30(24(28)32)26(3,4)14-9-11-16-34-18-13-19-35-17-12-10-15-27(5,6)31-23(37)21-29(8-2)25(31)33/h20-21,36-37H,7-19H2,1-6H3. The first-order valence-electron chi connectivity index (χ1n) is 13.6. The Morgan fingerprint density at radius 1 is 0.649 bits per heavy atom. The smallest absolute Gasteiger partial charge is 0.329 e. The van der Waals surface area contributed by atoms with Gasteiger partial charge < -0.3 is 9.47 Å². The monoisotopic (exact) mass is 556 g/mol. The van der Waals surface area contributed by atoms with Crippen LogP contribution in [0.4, 0.5) is 0 Å². The van der Waals surface area contributed by atoms with E-state index in [1.165, 1.54) is 0 Å². The Morgan fingerprint density at radius 3 is 1.32 bits per heavy atom. The molecule has 0 saturated heterocycles. The van der Waals surface area contributed by atoms with E-state index < -0.39 is 0 Å². The number of hydrogen-bond acceptors (Lipinski definition) is 6. The SMILES string of the molecule is CCn1cc(S)n(C(C)(C)CCCCOCCCOCCCCC(C)(C)n2c(S)cn(CC)c2=O)c1=O. The van der Waals surface area contributed by atoms with Crippen LogP contribution in [0.2, 0.25) is 0 Å². The maximum absolute atomic E-state index is 12.5. The zero-order chi connectivity index (χ0) is 27.6. The number of nitrogens with zero attached hydrogens (tertiary/aromatic N) is 4. The molecule has 2 aromatic heterocycles. The van der Waals surface area contributed by atoms with E-state index in [2.05, 4.69) is 53.0 Å². The lowest BCUT2D eigenvalue weighted by Gasteiger charge is -2.27. The van der Waals surface area contributed by atoms with E-state index in [-0.39, 0.29) is 22.5 Å². The maximum atomic E-state index is 12.5. The molecule has 0 spiro atoms. The van der Waals surface area contributed by atoms with E-state index in [1.807, 2.05) is 26.2 Å².